The van der Waals surface area contributed by atoms with Gasteiger partial charge in [-0.05, 0) is 24.3 Å². The Morgan fingerprint density at radius 1 is 1.21 bits per heavy atom. The highest BCUT2D eigenvalue weighted by Gasteiger charge is 2.10. The van der Waals surface area contributed by atoms with Crippen LogP contribution in [-0.4, -0.2) is 4.99 Å². The maximum atomic E-state index is 13.6. The third-order valence-corrected chi connectivity index (χ3v) is 3.16. The molecule has 0 heterocycles. The molecule has 2 rings (SSSR count). The van der Waals surface area contributed by atoms with Crippen molar-refractivity contribution in [2.75, 3.05) is 0 Å². The predicted octanol–water partition coefficient (Wildman–Crippen LogP) is 3.69. The molecule has 0 saturated heterocycles. The van der Waals surface area contributed by atoms with E-state index >= 15 is 0 Å². The number of hydrogen-bond donors (Lipinski definition) is 1. The van der Waals surface area contributed by atoms with Gasteiger partial charge in [0.15, 0.2) is 0 Å². The number of ether oxygens (including phenoxy) is 1. The normalized spacial score (nSPS) is 10.2. The van der Waals surface area contributed by atoms with Gasteiger partial charge in [0.05, 0.1) is 10.6 Å². The number of thiocarbonyl (C=S) groups is 1. The van der Waals surface area contributed by atoms with E-state index in [4.69, 9.17) is 34.3 Å². The average molecular weight is 296 g/mol. The molecular weight excluding hydrogens is 285 g/mol. The van der Waals surface area contributed by atoms with E-state index in [0.717, 1.165) is 0 Å². The topological polar surface area (TPSA) is 35.2 Å². The standard InChI is InChI=1S/C14H11ClFNOS/c15-11-5-3-6-12(16)10(11)8-18-13-7-2-1-4-9(13)14(17)19/h1-7H,8H2,(H2,17,19). The van der Waals surface area contributed by atoms with Crippen LogP contribution in [0.3, 0.4) is 0 Å². The summed E-state index contributed by atoms with van der Waals surface area (Å²) in [4.78, 5) is 0.232. The molecule has 0 saturated carbocycles. The van der Waals surface area contributed by atoms with Gasteiger partial charge in [-0.2, -0.15) is 0 Å². The van der Waals surface area contributed by atoms with Gasteiger partial charge in [0.1, 0.15) is 23.2 Å². The molecule has 2 nitrogen and oxygen atoms in total. The summed E-state index contributed by atoms with van der Waals surface area (Å²) in [6.07, 6.45) is 0. The fraction of sp³-hybridized carbons (Fsp3) is 0.0714. The zero-order valence-electron chi connectivity index (χ0n) is 9.90. The van der Waals surface area contributed by atoms with Crippen LogP contribution in [0.2, 0.25) is 5.02 Å². The fourth-order valence-corrected chi connectivity index (χ4v) is 2.00. The number of rotatable bonds is 4. The number of para-hydroxylation sites is 1. The molecule has 2 aromatic rings. The van der Waals surface area contributed by atoms with Gasteiger partial charge in [-0.3, -0.25) is 0 Å². The first-order chi connectivity index (χ1) is 9.09. The third-order valence-electron chi connectivity index (χ3n) is 2.59. The summed E-state index contributed by atoms with van der Waals surface area (Å²) in [6.45, 7) is 0.0190. The molecule has 98 valence electrons. The van der Waals surface area contributed by atoms with Crippen molar-refractivity contribution in [3.05, 3.63) is 64.4 Å². The molecule has 0 fully saturated rings. The number of hydrogen-bond acceptors (Lipinski definition) is 2. The van der Waals surface area contributed by atoms with Crippen molar-refractivity contribution in [3.63, 3.8) is 0 Å². The summed E-state index contributed by atoms with van der Waals surface area (Å²) in [5, 5.41) is 0.327. The van der Waals surface area contributed by atoms with Gasteiger partial charge in [-0.1, -0.05) is 42.0 Å². The number of benzene rings is 2. The Bertz CT molecular complexity index is 598. The first-order valence-corrected chi connectivity index (χ1v) is 6.32. The van der Waals surface area contributed by atoms with Crippen LogP contribution < -0.4 is 10.5 Å². The van der Waals surface area contributed by atoms with Crippen molar-refractivity contribution in [1.82, 2.24) is 0 Å². The Morgan fingerprint density at radius 3 is 2.63 bits per heavy atom. The zero-order valence-corrected chi connectivity index (χ0v) is 11.5. The van der Waals surface area contributed by atoms with E-state index in [1.807, 2.05) is 0 Å². The summed E-state index contributed by atoms with van der Waals surface area (Å²) >= 11 is 10.9. The smallest absolute Gasteiger partial charge is 0.131 e. The van der Waals surface area contributed by atoms with E-state index in [9.17, 15) is 4.39 Å². The molecule has 0 aromatic heterocycles. The van der Waals surface area contributed by atoms with Gasteiger partial charge in [0.25, 0.3) is 0 Å². The van der Waals surface area contributed by atoms with Gasteiger partial charge >= 0.3 is 0 Å². The molecule has 0 bridgehead atoms. The number of halogens is 2. The van der Waals surface area contributed by atoms with E-state index in [0.29, 0.717) is 21.9 Å². The molecule has 19 heavy (non-hydrogen) atoms. The predicted molar refractivity (Wildman–Crippen MR) is 78.1 cm³/mol. The van der Waals surface area contributed by atoms with Crippen molar-refractivity contribution < 1.29 is 9.13 Å². The summed E-state index contributed by atoms with van der Waals surface area (Å²) in [6, 6.07) is 11.6. The third kappa shape index (κ3) is 3.22. The van der Waals surface area contributed by atoms with Crippen LogP contribution in [0.25, 0.3) is 0 Å². The number of nitrogens with two attached hydrogens (primary N) is 1. The zero-order chi connectivity index (χ0) is 13.8. The first kappa shape index (κ1) is 13.8. The van der Waals surface area contributed by atoms with Crippen LogP contribution in [0.4, 0.5) is 4.39 Å². The van der Waals surface area contributed by atoms with E-state index in [1.165, 1.54) is 6.07 Å². The lowest BCUT2D eigenvalue weighted by molar-refractivity contribution is 0.299. The minimum absolute atomic E-state index is 0.0190. The maximum Gasteiger partial charge on any atom is 0.131 e. The van der Waals surface area contributed by atoms with E-state index in [1.54, 1.807) is 36.4 Å². The Balaban J connectivity index is 2.22. The lowest BCUT2D eigenvalue weighted by Crippen LogP contribution is -2.11. The second kappa shape index (κ2) is 5.99. The minimum Gasteiger partial charge on any atom is -0.488 e. The van der Waals surface area contributed by atoms with Crippen molar-refractivity contribution in [2.24, 2.45) is 5.73 Å². The van der Waals surface area contributed by atoms with Gasteiger partial charge in [0, 0.05) is 5.56 Å². The minimum atomic E-state index is -0.402. The summed E-state index contributed by atoms with van der Waals surface area (Å²) in [7, 11) is 0. The summed E-state index contributed by atoms with van der Waals surface area (Å²) in [5.74, 6) is 0.106. The highest BCUT2D eigenvalue weighted by atomic mass is 35.5. The molecule has 2 N–H and O–H groups in total. The molecule has 0 amide bonds. The molecule has 0 unspecified atom stereocenters. The highest BCUT2D eigenvalue weighted by Crippen LogP contribution is 2.23. The average Bonchev–Trinajstić information content (AvgIpc) is 2.38. The molecular formula is C14H11ClFNOS. The fourth-order valence-electron chi connectivity index (χ4n) is 1.62. The Kier molecular flexibility index (Phi) is 4.35. The molecule has 0 radical (unpaired) electrons. The van der Waals surface area contributed by atoms with Crippen LogP contribution in [0.15, 0.2) is 42.5 Å². The lowest BCUT2D eigenvalue weighted by atomic mass is 10.2. The van der Waals surface area contributed by atoms with E-state index < -0.39 is 5.82 Å². The van der Waals surface area contributed by atoms with Crippen LogP contribution >= 0.6 is 23.8 Å². The van der Waals surface area contributed by atoms with E-state index in [-0.39, 0.29) is 11.6 Å². The second-order valence-corrected chi connectivity index (χ2v) is 4.70. The SMILES string of the molecule is NC(=S)c1ccccc1OCc1c(F)cccc1Cl. The molecule has 0 aliphatic carbocycles. The van der Waals surface area contributed by atoms with Crippen LogP contribution in [0, 0.1) is 5.82 Å². The van der Waals surface area contributed by atoms with Crippen molar-refractivity contribution in [3.8, 4) is 5.75 Å². The first-order valence-electron chi connectivity index (χ1n) is 5.54. The molecule has 0 aliphatic heterocycles. The largest absolute Gasteiger partial charge is 0.488 e. The molecule has 0 spiro atoms. The summed E-state index contributed by atoms with van der Waals surface area (Å²) in [5.41, 5.74) is 6.52. The second-order valence-electron chi connectivity index (χ2n) is 3.85. The van der Waals surface area contributed by atoms with Gasteiger partial charge in [-0.25, -0.2) is 4.39 Å². The Labute approximate surface area is 120 Å². The van der Waals surface area contributed by atoms with Crippen LogP contribution in [0.1, 0.15) is 11.1 Å². The quantitative estimate of drug-likeness (QED) is 0.874. The maximum absolute atomic E-state index is 13.6. The van der Waals surface area contributed by atoms with E-state index in [2.05, 4.69) is 0 Å². The van der Waals surface area contributed by atoms with Gasteiger partial charge in [-0.15, -0.1) is 0 Å². The summed E-state index contributed by atoms with van der Waals surface area (Å²) < 4.78 is 19.2. The Hall–Kier alpha value is -1.65. The van der Waals surface area contributed by atoms with Crippen LogP contribution in [0.5, 0.6) is 5.75 Å². The molecule has 5 heteroatoms. The molecule has 0 atom stereocenters. The Morgan fingerprint density at radius 2 is 1.95 bits per heavy atom. The van der Waals surface area contributed by atoms with Crippen molar-refractivity contribution in [2.45, 2.75) is 6.61 Å². The highest BCUT2D eigenvalue weighted by molar-refractivity contribution is 7.80. The molecule has 0 aliphatic rings. The monoisotopic (exact) mass is 295 g/mol. The van der Waals surface area contributed by atoms with Gasteiger partial charge < -0.3 is 10.5 Å². The lowest BCUT2D eigenvalue weighted by Gasteiger charge is -2.11. The van der Waals surface area contributed by atoms with Gasteiger partial charge in [0.2, 0.25) is 0 Å². The van der Waals surface area contributed by atoms with Crippen molar-refractivity contribution >= 4 is 28.8 Å². The van der Waals surface area contributed by atoms with Crippen molar-refractivity contribution in [1.29, 1.82) is 0 Å². The molecule has 2 aromatic carbocycles. The van der Waals surface area contributed by atoms with Crippen LogP contribution in [-0.2, 0) is 6.61 Å².